The minimum atomic E-state index is -3.34. The van der Waals surface area contributed by atoms with Crippen molar-refractivity contribution in [3.05, 3.63) is 41.2 Å². The summed E-state index contributed by atoms with van der Waals surface area (Å²) in [5.41, 5.74) is 3.10. The summed E-state index contributed by atoms with van der Waals surface area (Å²) in [6.45, 7) is 6.21. The number of benzene rings is 1. The Morgan fingerprint density at radius 1 is 1.29 bits per heavy atom. The molecule has 2 rings (SSSR count). The van der Waals surface area contributed by atoms with Gasteiger partial charge in [0.2, 0.25) is 10.0 Å². The van der Waals surface area contributed by atoms with Gasteiger partial charge in [0, 0.05) is 0 Å². The van der Waals surface area contributed by atoms with Crippen LogP contribution in [-0.2, 0) is 16.6 Å². The van der Waals surface area contributed by atoms with Gasteiger partial charge in [-0.15, -0.1) is 0 Å². The molecule has 0 bridgehead atoms. The first-order chi connectivity index (χ1) is 11.4. The van der Waals surface area contributed by atoms with Gasteiger partial charge in [0.25, 0.3) is 0 Å². The molecule has 132 valence electrons. The number of aryl methyl sites for hydroxylation is 1. The van der Waals surface area contributed by atoms with E-state index >= 15 is 0 Å². The summed E-state index contributed by atoms with van der Waals surface area (Å²) < 4.78 is 34.0. The first-order valence-corrected chi connectivity index (χ1v) is 9.69. The van der Waals surface area contributed by atoms with Crippen molar-refractivity contribution in [3.8, 4) is 5.75 Å². The van der Waals surface area contributed by atoms with E-state index in [1.54, 1.807) is 7.11 Å². The van der Waals surface area contributed by atoms with Crippen molar-refractivity contribution >= 4 is 15.7 Å². The number of hydrogen-bond acceptors (Lipinski definition) is 4. The van der Waals surface area contributed by atoms with Crippen molar-refractivity contribution in [2.45, 2.75) is 40.2 Å². The molecule has 0 atom stereocenters. The van der Waals surface area contributed by atoms with E-state index in [1.807, 2.05) is 49.7 Å². The molecule has 0 amide bonds. The number of anilines is 1. The zero-order chi connectivity index (χ0) is 17.7. The maximum Gasteiger partial charge on any atom is 0.232 e. The predicted molar refractivity (Wildman–Crippen MR) is 96.1 cm³/mol. The van der Waals surface area contributed by atoms with Gasteiger partial charge in [-0.25, -0.2) is 8.42 Å². The highest BCUT2D eigenvalue weighted by atomic mass is 32.2. The Balaban J connectivity index is 2.22. The number of methoxy groups -OCH3 is 1. The van der Waals surface area contributed by atoms with Gasteiger partial charge in [0.15, 0.2) is 0 Å². The third kappa shape index (κ3) is 4.50. The van der Waals surface area contributed by atoms with Crippen LogP contribution in [0.4, 0.5) is 5.69 Å². The van der Waals surface area contributed by atoms with Crippen LogP contribution in [0.2, 0.25) is 0 Å². The van der Waals surface area contributed by atoms with Gasteiger partial charge in [-0.2, -0.15) is 5.10 Å². The second-order valence-corrected chi connectivity index (χ2v) is 7.67. The molecule has 6 nitrogen and oxygen atoms in total. The second-order valence-electron chi connectivity index (χ2n) is 5.83. The lowest BCUT2D eigenvalue weighted by Gasteiger charge is -2.09. The van der Waals surface area contributed by atoms with E-state index in [1.165, 1.54) is 0 Å². The molecule has 1 aromatic carbocycles. The van der Waals surface area contributed by atoms with Crippen LogP contribution in [-0.4, -0.2) is 31.1 Å². The molecule has 0 saturated carbocycles. The Kier molecular flexibility index (Phi) is 5.88. The topological polar surface area (TPSA) is 73.2 Å². The summed E-state index contributed by atoms with van der Waals surface area (Å²) in [5, 5.41) is 4.47. The molecule has 0 aliphatic rings. The van der Waals surface area contributed by atoms with E-state index in [0.717, 1.165) is 23.4 Å². The predicted octanol–water partition coefficient (Wildman–Crippen LogP) is 3.10. The number of ether oxygens (including phenoxy) is 1. The summed E-state index contributed by atoms with van der Waals surface area (Å²) >= 11 is 0. The van der Waals surface area contributed by atoms with Crippen molar-refractivity contribution in [1.29, 1.82) is 0 Å². The van der Waals surface area contributed by atoms with Crippen molar-refractivity contribution in [2.75, 3.05) is 17.6 Å². The number of rotatable bonds is 8. The number of nitrogens with zero attached hydrogens (tertiary/aromatic N) is 2. The number of aromatic nitrogens is 2. The molecule has 0 aliphatic carbocycles. The van der Waals surface area contributed by atoms with Crippen molar-refractivity contribution in [3.63, 3.8) is 0 Å². The highest BCUT2D eigenvalue weighted by Gasteiger charge is 2.17. The van der Waals surface area contributed by atoms with E-state index in [9.17, 15) is 8.42 Å². The standard InChI is InChI=1S/C17H25N3O3S/c1-5-6-10-24(21,22)19-17-13(2)18-20(14(17)3)12-15-8-7-9-16(11-15)23-4/h7-9,11,19H,5-6,10,12H2,1-4H3. The largest absolute Gasteiger partial charge is 0.497 e. The quantitative estimate of drug-likeness (QED) is 0.793. The maximum atomic E-state index is 12.1. The van der Waals surface area contributed by atoms with E-state index < -0.39 is 10.0 Å². The maximum absolute atomic E-state index is 12.1. The van der Waals surface area contributed by atoms with Gasteiger partial charge in [0.1, 0.15) is 5.75 Å². The van der Waals surface area contributed by atoms with Gasteiger partial charge < -0.3 is 4.74 Å². The summed E-state index contributed by atoms with van der Waals surface area (Å²) in [7, 11) is -1.70. The Morgan fingerprint density at radius 3 is 2.71 bits per heavy atom. The molecule has 1 N–H and O–H groups in total. The Morgan fingerprint density at radius 2 is 2.04 bits per heavy atom. The van der Waals surface area contributed by atoms with Crippen molar-refractivity contribution in [1.82, 2.24) is 9.78 Å². The minimum absolute atomic E-state index is 0.128. The zero-order valence-electron chi connectivity index (χ0n) is 14.7. The SMILES string of the molecule is CCCCS(=O)(=O)Nc1c(C)nn(Cc2cccc(OC)c2)c1C. The van der Waals surface area contributed by atoms with Gasteiger partial charge in [-0.05, 0) is 38.0 Å². The lowest BCUT2D eigenvalue weighted by atomic mass is 10.2. The van der Waals surface area contributed by atoms with E-state index in [0.29, 0.717) is 24.3 Å². The van der Waals surface area contributed by atoms with Gasteiger partial charge in [-0.1, -0.05) is 25.5 Å². The Labute approximate surface area is 143 Å². The van der Waals surface area contributed by atoms with Crippen LogP contribution in [0.15, 0.2) is 24.3 Å². The van der Waals surface area contributed by atoms with Gasteiger partial charge >= 0.3 is 0 Å². The van der Waals surface area contributed by atoms with Gasteiger partial charge in [-0.3, -0.25) is 9.40 Å². The third-order valence-electron chi connectivity index (χ3n) is 3.87. The summed E-state index contributed by atoms with van der Waals surface area (Å²) in [6, 6.07) is 7.75. The molecule has 2 aromatic rings. The monoisotopic (exact) mass is 351 g/mol. The third-order valence-corrected chi connectivity index (χ3v) is 5.21. The smallest absolute Gasteiger partial charge is 0.232 e. The molecule has 0 saturated heterocycles. The van der Waals surface area contributed by atoms with Crippen molar-refractivity contribution in [2.24, 2.45) is 0 Å². The Bertz CT molecular complexity index is 797. The lowest BCUT2D eigenvalue weighted by Crippen LogP contribution is -2.17. The molecule has 1 heterocycles. The van der Waals surface area contributed by atoms with E-state index in [4.69, 9.17) is 4.74 Å². The van der Waals surface area contributed by atoms with Crippen LogP contribution in [0.3, 0.4) is 0 Å². The number of sulfonamides is 1. The minimum Gasteiger partial charge on any atom is -0.497 e. The normalized spacial score (nSPS) is 11.5. The number of hydrogen-bond donors (Lipinski definition) is 1. The molecule has 0 aliphatic heterocycles. The first-order valence-electron chi connectivity index (χ1n) is 8.03. The highest BCUT2D eigenvalue weighted by molar-refractivity contribution is 7.92. The van der Waals surface area contributed by atoms with Crippen molar-refractivity contribution < 1.29 is 13.2 Å². The fourth-order valence-electron chi connectivity index (χ4n) is 2.48. The zero-order valence-corrected chi connectivity index (χ0v) is 15.5. The van der Waals surface area contributed by atoms with Gasteiger partial charge in [0.05, 0.1) is 36.5 Å². The van der Waals surface area contributed by atoms with E-state index in [-0.39, 0.29) is 5.75 Å². The second kappa shape index (κ2) is 7.70. The van der Waals surface area contributed by atoms with Crippen LogP contribution >= 0.6 is 0 Å². The molecule has 0 unspecified atom stereocenters. The fourth-order valence-corrected chi connectivity index (χ4v) is 3.86. The lowest BCUT2D eigenvalue weighted by molar-refractivity contribution is 0.414. The summed E-state index contributed by atoms with van der Waals surface area (Å²) in [6.07, 6.45) is 1.49. The summed E-state index contributed by atoms with van der Waals surface area (Å²) in [4.78, 5) is 0. The number of nitrogens with one attached hydrogen (secondary N) is 1. The molecule has 1 aromatic heterocycles. The molecule has 0 spiro atoms. The molecular formula is C17H25N3O3S. The van der Waals surface area contributed by atoms with Crippen LogP contribution in [0.5, 0.6) is 5.75 Å². The average molecular weight is 351 g/mol. The van der Waals surface area contributed by atoms with E-state index in [2.05, 4.69) is 9.82 Å². The fraction of sp³-hybridized carbons (Fsp3) is 0.471. The highest BCUT2D eigenvalue weighted by Crippen LogP contribution is 2.23. The molecule has 0 fully saturated rings. The number of unbranched alkanes of at least 4 members (excludes halogenated alkanes) is 1. The molecular weight excluding hydrogens is 326 g/mol. The van der Waals surface area contributed by atoms with Crippen LogP contribution in [0.1, 0.15) is 36.7 Å². The molecule has 7 heteroatoms. The summed E-state index contributed by atoms with van der Waals surface area (Å²) in [5.74, 6) is 0.915. The first kappa shape index (κ1) is 18.3. The Hall–Kier alpha value is -2.02. The average Bonchev–Trinajstić information content (AvgIpc) is 2.80. The molecule has 0 radical (unpaired) electrons. The van der Waals surface area contributed by atoms with Crippen LogP contribution in [0.25, 0.3) is 0 Å². The van der Waals surface area contributed by atoms with Crippen LogP contribution < -0.4 is 9.46 Å². The molecule has 24 heavy (non-hydrogen) atoms. The van der Waals surface area contributed by atoms with Crippen LogP contribution in [0, 0.1) is 13.8 Å².